The number of rotatable bonds is 3. The summed E-state index contributed by atoms with van der Waals surface area (Å²) in [7, 11) is 0. The van der Waals surface area contributed by atoms with Crippen LogP contribution in [-0.4, -0.2) is 10.5 Å². The molecule has 0 saturated heterocycles. The molecule has 0 N–H and O–H groups in total. The summed E-state index contributed by atoms with van der Waals surface area (Å²) in [5.74, 6) is -0.0855. The maximum atomic E-state index is 13.5. The number of aryl methyl sites for hydroxylation is 2. The summed E-state index contributed by atoms with van der Waals surface area (Å²) in [6.07, 6.45) is 1.84. The Morgan fingerprint density at radius 3 is 2.64 bits per heavy atom. The molecule has 2 aromatic carbocycles. The number of hydrogen-bond donors (Lipinski definition) is 0. The van der Waals surface area contributed by atoms with E-state index in [1.165, 1.54) is 11.3 Å². The van der Waals surface area contributed by atoms with Crippen molar-refractivity contribution in [1.29, 1.82) is 0 Å². The number of aromatic nitrogens is 1. The van der Waals surface area contributed by atoms with Crippen LogP contribution in [0.3, 0.4) is 0 Å². The van der Waals surface area contributed by atoms with Gasteiger partial charge in [-0.1, -0.05) is 48.5 Å². The van der Waals surface area contributed by atoms with E-state index in [1.807, 2.05) is 64.5 Å². The highest BCUT2D eigenvalue weighted by atomic mass is 32.1. The Kier molecular flexibility index (Phi) is 4.10. The number of carbonyl (C=O) groups is 1. The fourth-order valence-electron chi connectivity index (χ4n) is 3.91. The Morgan fingerprint density at radius 2 is 1.86 bits per heavy atom. The van der Waals surface area contributed by atoms with Crippen molar-refractivity contribution in [2.75, 3.05) is 0 Å². The second kappa shape index (κ2) is 6.77. The van der Waals surface area contributed by atoms with Crippen molar-refractivity contribution < 1.29 is 9.53 Å². The third-order valence-electron chi connectivity index (χ3n) is 5.13. The summed E-state index contributed by atoms with van der Waals surface area (Å²) >= 11 is 1.33. The first-order chi connectivity index (χ1) is 13.7. The summed E-state index contributed by atoms with van der Waals surface area (Å²) in [5, 5.41) is 2.64. The molecule has 1 aliphatic heterocycles. The van der Waals surface area contributed by atoms with E-state index in [1.54, 1.807) is 6.07 Å². The molecule has 28 heavy (non-hydrogen) atoms. The zero-order valence-electron chi connectivity index (χ0n) is 15.1. The van der Waals surface area contributed by atoms with Gasteiger partial charge in [0.1, 0.15) is 4.88 Å². The molecule has 1 aliphatic rings. The van der Waals surface area contributed by atoms with Crippen molar-refractivity contribution >= 4 is 28.2 Å². The van der Waals surface area contributed by atoms with Crippen molar-refractivity contribution in [2.45, 2.75) is 19.4 Å². The Morgan fingerprint density at radius 1 is 1.00 bits per heavy atom. The van der Waals surface area contributed by atoms with E-state index in [4.69, 9.17) is 4.74 Å². The summed E-state index contributed by atoms with van der Waals surface area (Å²) in [6.45, 7) is 0.672. The molecular weight excluding hydrogens is 370 g/mol. The number of carbonyl (C=O) groups excluding carboxylic acids is 1. The van der Waals surface area contributed by atoms with Crippen LogP contribution in [0.25, 0.3) is 22.0 Å². The van der Waals surface area contributed by atoms with E-state index in [2.05, 4.69) is 0 Å². The minimum Gasteiger partial charge on any atom is -0.421 e. The van der Waals surface area contributed by atoms with Gasteiger partial charge in [0.15, 0.2) is 5.75 Å². The molecule has 0 spiro atoms. The zero-order valence-corrected chi connectivity index (χ0v) is 15.9. The molecule has 0 amide bonds. The van der Waals surface area contributed by atoms with Gasteiger partial charge in [-0.2, -0.15) is 0 Å². The molecular formula is C23H17NO3S. The van der Waals surface area contributed by atoms with Gasteiger partial charge in [0.25, 0.3) is 5.56 Å². The molecule has 5 heteroatoms. The monoisotopic (exact) mass is 387 g/mol. The summed E-state index contributed by atoms with van der Waals surface area (Å²) in [4.78, 5) is 26.7. The van der Waals surface area contributed by atoms with Gasteiger partial charge in [-0.15, -0.1) is 11.3 Å². The first-order valence-electron chi connectivity index (χ1n) is 9.23. The molecule has 0 radical (unpaired) electrons. The molecule has 3 heterocycles. The number of esters is 1. The fraction of sp³-hybridized carbons (Fsp3) is 0.130. The highest BCUT2D eigenvalue weighted by Gasteiger charge is 2.25. The standard InChI is InChI=1S/C23H17NO3S/c25-22-19(15-7-2-1-3-8-15)21(27-23(26)18-12-6-14-28-18)17-11-4-9-16-10-5-13-24(22)20(16)17/h1-4,6-9,11-12,14H,5,10,13H2. The third-order valence-corrected chi connectivity index (χ3v) is 5.98. The van der Waals surface area contributed by atoms with Gasteiger partial charge in [-0.25, -0.2) is 4.79 Å². The van der Waals surface area contributed by atoms with E-state index < -0.39 is 5.97 Å². The summed E-state index contributed by atoms with van der Waals surface area (Å²) < 4.78 is 7.71. The number of nitrogens with zero attached hydrogens (tertiary/aromatic N) is 1. The van der Waals surface area contributed by atoms with E-state index in [-0.39, 0.29) is 5.56 Å². The molecule has 0 fully saturated rings. The number of pyridine rings is 1. The average molecular weight is 387 g/mol. The number of hydrogen-bond acceptors (Lipinski definition) is 4. The summed E-state index contributed by atoms with van der Waals surface area (Å²) in [5.41, 5.74) is 3.08. The molecule has 0 saturated carbocycles. The second-order valence-corrected chi connectivity index (χ2v) is 7.76. The molecule has 138 valence electrons. The Bertz CT molecular complexity index is 1240. The van der Waals surface area contributed by atoms with Gasteiger partial charge in [0, 0.05) is 11.9 Å². The van der Waals surface area contributed by atoms with E-state index in [0.717, 1.165) is 34.9 Å². The number of ether oxygens (including phenoxy) is 1. The number of para-hydroxylation sites is 1. The smallest absolute Gasteiger partial charge is 0.353 e. The molecule has 5 rings (SSSR count). The summed E-state index contributed by atoms with van der Waals surface area (Å²) in [6, 6.07) is 18.9. The van der Waals surface area contributed by atoms with Crippen molar-refractivity contribution in [2.24, 2.45) is 0 Å². The Balaban J connectivity index is 1.83. The lowest BCUT2D eigenvalue weighted by atomic mass is 9.97. The van der Waals surface area contributed by atoms with Crippen molar-refractivity contribution in [3.8, 4) is 16.9 Å². The minimum absolute atomic E-state index is 0.111. The lowest BCUT2D eigenvalue weighted by molar-refractivity contribution is 0.0742. The van der Waals surface area contributed by atoms with Crippen LogP contribution >= 0.6 is 11.3 Å². The van der Waals surface area contributed by atoms with E-state index >= 15 is 0 Å². The van der Waals surface area contributed by atoms with Crippen LogP contribution < -0.4 is 10.3 Å². The normalized spacial score (nSPS) is 12.9. The van der Waals surface area contributed by atoms with Crippen LogP contribution in [0.2, 0.25) is 0 Å². The van der Waals surface area contributed by atoms with E-state index in [0.29, 0.717) is 22.7 Å². The average Bonchev–Trinajstić information content (AvgIpc) is 3.27. The molecule has 0 bridgehead atoms. The predicted octanol–water partition coefficient (Wildman–Crippen LogP) is 4.90. The van der Waals surface area contributed by atoms with Crippen LogP contribution in [0.15, 0.2) is 70.8 Å². The maximum Gasteiger partial charge on any atom is 0.353 e. The van der Waals surface area contributed by atoms with Gasteiger partial charge in [-0.05, 0) is 41.5 Å². The van der Waals surface area contributed by atoms with Crippen molar-refractivity contribution in [1.82, 2.24) is 4.57 Å². The number of thiophene rings is 1. The predicted molar refractivity (Wildman–Crippen MR) is 111 cm³/mol. The lowest BCUT2D eigenvalue weighted by Gasteiger charge is -2.23. The van der Waals surface area contributed by atoms with Gasteiger partial charge in [0.2, 0.25) is 0 Å². The quantitative estimate of drug-likeness (QED) is 0.470. The highest BCUT2D eigenvalue weighted by molar-refractivity contribution is 7.12. The van der Waals surface area contributed by atoms with Crippen LogP contribution in [0.4, 0.5) is 0 Å². The largest absolute Gasteiger partial charge is 0.421 e. The van der Waals surface area contributed by atoms with Crippen LogP contribution in [0, 0.1) is 0 Å². The van der Waals surface area contributed by atoms with Gasteiger partial charge in [0.05, 0.1) is 11.1 Å². The zero-order chi connectivity index (χ0) is 19.1. The molecule has 0 atom stereocenters. The van der Waals surface area contributed by atoms with Crippen molar-refractivity contribution in [3.63, 3.8) is 0 Å². The molecule has 0 unspecified atom stereocenters. The topological polar surface area (TPSA) is 48.3 Å². The molecule has 0 aliphatic carbocycles. The molecule has 4 nitrogen and oxygen atoms in total. The Hall–Kier alpha value is -3.18. The van der Waals surface area contributed by atoms with Gasteiger partial charge >= 0.3 is 5.97 Å². The SMILES string of the molecule is O=C(Oc1c(-c2ccccc2)c(=O)n2c3c(cccc13)CCC2)c1cccs1. The van der Waals surface area contributed by atoms with Gasteiger partial charge < -0.3 is 9.30 Å². The maximum absolute atomic E-state index is 13.5. The Labute approximate surface area is 165 Å². The fourth-order valence-corrected chi connectivity index (χ4v) is 4.51. The number of benzene rings is 2. The van der Waals surface area contributed by atoms with Gasteiger partial charge in [-0.3, -0.25) is 4.79 Å². The van der Waals surface area contributed by atoms with E-state index in [9.17, 15) is 9.59 Å². The lowest BCUT2D eigenvalue weighted by Crippen LogP contribution is -2.27. The third kappa shape index (κ3) is 2.67. The van der Waals surface area contributed by atoms with Crippen LogP contribution in [-0.2, 0) is 13.0 Å². The first kappa shape index (κ1) is 17.0. The molecule has 2 aromatic heterocycles. The highest BCUT2D eigenvalue weighted by Crippen LogP contribution is 2.37. The van der Waals surface area contributed by atoms with Crippen LogP contribution in [0.1, 0.15) is 21.7 Å². The van der Waals surface area contributed by atoms with Crippen molar-refractivity contribution in [3.05, 3.63) is 86.8 Å². The van der Waals surface area contributed by atoms with Crippen LogP contribution in [0.5, 0.6) is 5.75 Å². The minimum atomic E-state index is -0.437. The first-order valence-corrected chi connectivity index (χ1v) is 10.1. The second-order valence-electron chi connectivity index (χ2n) is 6.81. The molecule has 4 aromatic rings.